The molecule has 7 heteroatoms. The molecular weight excluding hydrogens is 328 g/mol. The van der Waals surface area contributed by atoms with E-state index in [9.17, 15) is 8.42 Å². The van der Waals surface area contributed by atoms with Crippen LogP contribution < -0.4 is 10.2 Å². The lowest BCUT2D eigenvalue weighted by Crippen LogP contribution is -1.98. The van der Waals surface area contributed by atoms with E-state index in [1.54, 1.807) is 6.21 Å². The smallest absolute Gasteiger partial charge is 0.294 e. The Bertz CT molecular complexity index is 769. The standard InChI is InChI=1S/C17H20N2O4S/c1-2-3-12-23-16-8-4-14(5-9-16)13-18-19-15-6-10-17(11-7-15)24(20,21)22/h4-11,13,19H,2-3,12H2,1H3,(H,20,21,22). The van der Waals surface area contributed by atoms with Gasteiger partial charge in [0.1, 0.15) is 5.75 Å². The molecule has 2 rings (SSSR count). The van der Waals surface area contributed by atoms with Crippen LogP contribution in [0.2, 0.25) is 0 Å². The summed E-state index contributed by atoms with van der Waals surface area (Å²) in [6.07, 6.45) is 3.78. The maximum atomic E-state index is 10.9. The Balaban J connectivity index is 1.89. The second-order valence-corrected chi connectivity index (χ2v) is 6.56. The van der Waals surface area contributed by atoms with E-state index in [4.69, 9.17) is 9.29 Å². The molecule has 0 heterocycles. The lowest BCUT2D eigenvalue weighted by atomic mass is 10.2. The molecule has 0 bridgehead atoms. The molecule has 6 nitrogen and oxygen atoms in total. The Morgan fingerprint density at radius 1 is 1.12 bits per heavy atom. The Morgan fingerprint density at radius 2 is 1.79 bits per heavy atom. The second kappa shape index (κ2) is 8.47. The van der Waals surface area contributed by atoms with Crippen molar-refractivity contribution in [2.24, 2.45) is 5.10 Å². The van der Waals surface area contributed by atoms with E-state index in [0.717, 1.165) is 24.2 Å². The first-order valence-electron chi connectivity index (χ1n) is 7.58. The molecule has 2 N–H and O–H groups in total. The molecular formula is C17H20N2O4S. The predicted molar refractivity (Wildman–Crippen MR) is 94.3 cm³/mol. The zero-order valence-corrected chi connectivity index (χ0v) is 14.2. The average molecular weight is 348 g/mol. The van der Waals surface area contributed by atoms with Crippen LogP contribution in [0.15, 0.2) is 58.5 Å². The van der Waals surface area contributed by atoms with Gasteiger partial charge in [0.2, 0.25) is 0 Å². The number of hydrogen-bond acceptors (Lipinski definition) is 5. The number of unbranched alkanes of at least 4 members (excludes halogenated alkanes) is 1. The van der Waals surface area contributed by atoms with Crippen LogP contribution in [0.3, 0.4) is 0 Å². The fraction of sp³-hybridized carbons (Fsp3) is 0.235. The lowest BCUT2D eigenvalue weighted by Gasteiger charge is -2.05. The van der Waals surface area contributed by atoms with E-state index < -0.39 is 10.1 Å². The van der Waals surface area contributed by atoms with Crippen molar-refractivity contribution in [3.63, 3.8) is 0 Å². The quantitative estimate of drug-likeness (QED) is 0.330. The Kier molecular flexibility index (Phi) is 6.34. The van der Waals surface area contributed by atoms with Gasteiger partial charge in [-0.25, -0.2) is 0 Å². The van der Waals surface area contributed by atoms with Gasteiger partial charge in [0.05, 0.1) is 23.4 Å². The van der Waals surface area contributed by atoms with Crippen LogP contribution in [0.25, 0.3) is 0 Å². The number of hydrazone groups is 1. The fourth-order valence-electron chi connectivity index (χ4n) is 1.87. The Hall–Kier alpha value is -2.38. The summed E-state index contributed by atoms with van der Waals surface area (Å²) in [4.78, 5) is -0.157. The third-order valence-corrected chi connectivity index (χ3v) is 4.07. The molecule has 0 amide bonds. The summed E-state index contributed by atoms with van der Waals surface area (Å²) in [5.41, 5.74) is 4.30. The molecule has 0 aliphatic rings. The van der Waals surface area contributed by atoms with Gasteiger partial charge < -0.3 is 4.74 Å². The highest BCUT2D eigenvalue weighted by Gasteiger charge is 2.07. The first-order chi connectivity index (χ1) is 11.5. The van der Waals surface area contributed by atoms with E-state index in [1.165, 1.54) is 24.3 Å². The molecule has 0 aliphatic heterocycles. The van der Waals surface area contributed by atoms with Crippen molar-refractivity contribution >= 4 is 22.0 Å². The van der Waals surface area contributed by atoms with Crippen LogP contribution >= 0.6 is 0 Å². The number of rotatable bonds is 8. The van der Waals surface area contributed by atoms with Crippen molar-refractivity contribution in [2.75, 3.05) is 12.0 Å². The molecule has 0 saturated heterocycles. The normalized spacial score (nSPS) is 11.6. The van der Waals surface area contributed by atoms with Gasteiger partial charge >= 0.3 is 0 Å². The van der Waals surface area contributed by atoms with Crippen LogP contribution in [-0.4, -0.2) is 25.8 Å². The summed E-state index contributed by atoms with van der Waals surface area (Å²) in [6, 6.07) is 13.2. The number of nitrogens with zero attached hydrogens (tertiary/aromatic N) is 1. The van der Waals surface area contributed by atoms with Gasteiger partial charge in [-0.15, -0.1) is 0 Å². The maximum absolute atomic E-state index is 10.9. The zero-order chi connectivity index (χ0) is 17.4. The van der Waals surface area contributed by atoms with E-state index in [1.807, 2.05) is 24.3 Å². The largest absolute Gasteiger partial charge is 0.494 e. The van der Waals surface area contributed by atoms with Crippen LogP contribution in [0.5, 0.6) is 5.75 Å². The van der Waals surface area contributed by atoms with Gasteiger partial charge in [0, 0.05) is 0 Å². The maximum Gasteiger partial charge on any atom is 0.294 e. The van der Waals surface area contributed by atoms with Crippen molar-refractivity contribution in [2.45, 2.75) is 24.7 Å². The van der Waals surface area contributed by atoms with Crippen molar-refractivity contribution in [3.8, 4) is 5.75 Å². The molecule has 0 aromatic heterocycles. The first-order valence-corrected chi connectivity index (χ1v) is 9.02. The third kappa shape index (κ3) is 5.68. The van der Waals surface area contributed by atoms with Crippen LogP contribution in [0, 0.1) is 0 Å². The molecule has 0 unspecified atom stereocenters. The third-order valence-electron chi connectivity index (χ3n) is 3.21. The van der Waals surface area contributed by atoms with Crippen LogP contribution in [-0.2, 0) is 10.1 Å². The highest BCUT2D eigenvalue weighted by atomic mass is 32.2. The summed E-state index contributed by atoms with van der Waals surface area (Å²) >= 11 is 0. The topological polar surface area (TPSA) is 88.0 Å². The van der Waals surface area contributed by atoms with Gasteiger partial charge in [-0.3, -0.25) is 9.98 Å². The summed E-state index contributed by atoms with van der Waals surface area (Å²) in [6.45, 7) is 2.83. The van der Waals surface area contributed by atoms with Gasteiger partial charge in [0.25, 0.3) is 10.1 Å². The van der Waals surface area contributed by atoms with Crippen molar-refractivity contribution < 1.29 is 17.7 Å². The molecule has 0 fully saturated rings. The fourth-order valence-corrected chi connectivity index (χ4v) is 2.35. The van der Waals surface area contributed by atoms with Gasteiger partial charge in [-0.1, -0.05) is 13.3 Å². The minimum absolute atomic E-state index is 0.157. The highest BCUT2D eigenvalue weighted by Crippen LogP contribution is 2.14. The van der Waals surface area contributed by atoms with E-state index in [2.05, 4.69) is 17.5 Å². The lowest BCUT2D eigenvalue weighted by molar-refractivity contribution is 0.309. The van der Waals surface area contributed by atoms with E-state index >= 15 is 0 Å². The van der Waals surface area contributed by atoms with Crippen molar-refractivity contribution in [3.05, 3.63) is 54.1 Å². The zero-order valence-electron chi connectivity index (χ0n) is 13.3. The summed E-state index contributed by atoms with van der Waals surface area (Å²) in [5.74, 6) is 0.828. The second-order valence-electron chi connectivity index (χ2n) is 5.14. The molecule has 128 valence electrons. The van der Waals surface area contributed by atoms with E-state index in [0.29, 0.717) is 12.3 Å². The first kappa shape index (κ1) is 18.0. The predicted octanol–water partition coefficient (Wildman–Crippen LogP) is 3.56. The summed E-state index contributed by atoms with van der Waals surface area (Å²) in [5, 5.41) is 4.08. The highest BCUT2D eigenvalue weighted by molar-refractivity contribution is 7.85. The minimum Gasteiger partial charge on any atom is -0.494 e. The minimum atomic E-state index is -4.17. The average Bonchev–Trinajstić information content (AvgIpc) is 2.56. The number of ether oxygens (including phenoxy) is 1. The number of nitrogens with one attached hydrogen (secondary N) is 1. The van der Waals surface area contributed by atoms with Crippen molar-refractivity contribution in [1.29, 1.82) is 0 Å². The van der Waals surface area contributed by atoms with Gasteiger partial charge in [-0.2, -0.15) is 13.5 Å². The molecule has 0 saturated carbocycles. The summed E-state index contributed by atoms with van der Waals surface area (Å²) < 4.78 is 36.4. The molecule has 2 aromatic carbocycles. The van der Waals surface area contributed by atoms with Crippen LogP contribution in [0.1, 0.15) is 25.3 Å². The van der Waals surface area contributed by atoms with Gasteiger partial charge in [0.15, 0.2) is 0 Å². The summed E-state index contributed by atoms with van der Waals surface area (Å²) in [7, 11) is -4.17. The molecule has 0 spiro atoms. The number of hydrogen-bond donors (Lipinski definition) is 2. The SMILES string of the molecule is CCCCOc1ccc(C=NNc2ccc(S(=O)(=O)O)cc2)cc1. The van der Waals surface area contributed by atoms with Crippen LogP contribution in [0.4, 0.5) is 5.69 Å². The number of anilines is 1. The molecule has 24 heavy (non-hydrogen) atoms. The van der Waals surface area contributed by atoms with E-state index in [-0.39, 0.29) is 4.90 Å². The van der Waals surface area contributed by atoms with Crippen molar-refractivity contribution in [1.82, 2.24) is 0 Å². The molecule has 0 atom stereocenters. The Morgan fingerprint density at radius 3 is 2.38 bits per heavy atom. The molecule has 0 radical (unpaired) electrons. The van der Waals surface area contributed by atoms with Gasteiger partial charge in [-0.05, 0) is 60.5 Å². The number of benzene rings is 2. The Labute approximate surface area is 141 Å². The molecule has 0 aliphatic carbocycles. The monoisotopic (exact) mass is 348 g/mol. The molecule has 2 aromatic rings.